The molecule has 0 saturated carbocycles. The first-order valence-electron chi connectivity index (χ1n) is 8.24. The number of aryl methyl sites for hydroxylation is 1. The molecule has 25 heavy (non-hydrogen) atoms. The lowest BCUT2D eigenvalue weighted by Gasteiger charge is -2.20. The molecule has 3 nitrogen and oxygen atoms in total. The van der Waals surface area contributed by atoms with E-state index in [1.54, 1.807) is 17.4 Å². The standard InChI is InChI=1S/C21H20N2OS/c1-12-10-16(24)18(13-4-6-14(7-5-13)21(2,3)22)19-15-8-9-25-17(15)11-23-20(12)19/h4-11,24H,22H2,1-3H3. The summed E-state index contributed by atoms with van der Waals surface area (Å²) in [6.07, 6.45) is 1.91. The Bertz CT molecular complexity index is 1090. The molecule has 0 aliphatic heterocycles. The van der Waals surface area contributed by atoms with Gasteiger partial charge in [0.1, 0.15) is 5.75 Å². The molecule has 0 atom stereocenters. The van der Waals surface area contributed by atoms with Gasteiger partial charge in [-0.2, -0.15) is 0 Å². The molecule has 0 radical (unpaired) electrons. The first-order valence-corrected chi connectivity index (χ1v) is 9.12. The van der Waals surface area contributed by atoms with Crippen LogP contribution in [0.2, 0.25) is 0 Å². The maximum atomic E-state index is 10.7. The second-order valence-electron chi connectivity index (χ2n) is 7.07. The van der Waals surface area contributed by atoms with Crippen LogP contribution in [0.15, 0.2) is 48.0 Å². The number of nitrogens with two attached hydrogens (primary N) is 1. The van der Waals surface area contributed by atoms with Crippen molar-refractivity contribution in [2.24, 2.45) is 5.73 Å². The van der Waals surface area contributed by atoms with E-state index in [4.69, 9.17) is 5.73 Å². The van der Waals surface area contributed by atoms with Gasteiger partial charge in [0.25, 0.3) is 0 Å². The number of aromatic nitrogens is 1. The van der Waals surface area contributed by atoms with Gasteiger partial charge in [0.15, 0.2) is 0 Å². The molecule has 4 rings (SSSR count). The van der Waals surface area contributed by atoms with E-state index in [9.17, 15) is 5.11 Å². The van der Waals surface area contributed by atoms with Crippen molar-refractivity contribution in [3.8, 4) is 16.9 Å². The fraction of sp³-hybridized carbons (Fsp3) is 0.190. The van der Waals surface area contributed by atoms with Crippen LogP contribution in [0.25, 0.3) is 32.1 Å². The lowest BCUT2D eigenvalue weighted by atomic mass is 9.91. The van der Waals surface area contributed by atoms with E-state index >= 15 is 0 Å². The third-order valence-corrected chi connectivity index (χ3v) is 5.51. The van der Waals surface area contributed by atoms with Crippen molar-refractivity contribution in [3.63, 3.8) is 0 Å². The molecule has 4 heteroatoms. The van der Waals surface area contributed by atoms with E-state index < -0.39 is 5.54 Å². The van der Waals surface area contributed by atoms with E-state index in [0.29, 0.717) is 0 Å². The fourth-order valence-corrected chi connectivity index (χ4v) is 4.09. The van der Waals surface area contributed by atoms with Crippen LogP contribution in [-0.2, 0) is 5.54 Å². The predicted molar refractivity (Wildman–Crippen MR) is 106 cm³/mol. The van der Waals surface area contributed by atoms with Gasteiger partial charge in [-0.1, -0.05) is 24.3 Å². The third kappa shape index (κ3) is 2.58. The largest absolute Gasteiger partial charge is 0.507 e. The first kappa shape index (κ1) is 16.1. The Morgan fingerprint density at radius 1 is 1.12 bits per heavy atom. The van der Waals surface area contributed by atoms with Gasteiger partial charge in [-0.3, -0.25) is 4.98 Å². The molecule has 0 fully saturated rings. The zero-order valence-corrected chi connectivity index (χ0v) is 15.3. The van der Waals surface area contributed by atoms with Crippen LogP contribution in [0.1, 0.15) is 25.0 Å². The Balaban J connectivity index is 2.05. The lowest BCUT2D eigenvalue weighted by molar-refractivity contribution is 0.477. The van der Waals surface area contributed by atoms with Crippen molar-refractivity contribution in [2.75, 3.05) is 0 Å². The zero-order valence-electron chi connectivity index (χ0n) is 14.5. The summed E-state index contributed by atoms with van der Waals surface area (Å²) in [5.74, 6) is 0.283. The number of fused-ring (bicyclic) bond motifs is 3. The van der Waals surface area contributed by atoms with Gasteiger partial charge in [-0.15, -0.1) is 11.3 Å². The molecule has 0 amide bonds. The van der Waals surface area contributed by atoms with Gasteiger partial charge in [-0.25, -0.2) is 0 Å². The van der Waals surface area contributed by atoms with Crippen LogP contribution in [0.3, 0.4) is 0 Å². The van der Waals surface area contributed by atoms with Crippen molar-refractivity contribution in [2.45, 2.75) is 26.3 Å². The molecular formula is C21H20N2OS. The number of phenolic OH excluding ortho intramolecular Hbond substituents is 1. The summed E-state index contributed by atoms with van der Waals surface area (Å²) in [5, 5.41) is 14.9. The van der Waals surface area contributed by atoms with Gasteiger partial charge < -0.3 is 10.8 Å². The highest BCUT2D eigenvalue weighted by molar-refractivity contribution is 7.17. The van der Waals surface area contributed by atoms with Crippen molar-refractivity contribution in [3.05, 3.63) is 59.1 Å². The molecule has 0 spiro atoms. The van der Waals surface area contributed by atoms with Crippen molar-refractivity contribution >= 4 is 32.3 Å². The number of thiophene rings is 1. The molecule has 0 saturated heterocycles. The highest BCUT2D eigenvalue weighted by atomic mass is 32.1. The second kappa shape index (κ2) is 5.55. The smallest absolute Gasteiger partial charge is 0.124 e. The van der Waals surface area contributed by atoms with Crippen LogP contribution in [0.4, 0.5) is 0 Å². The minimum Gasteiger partial charge on any atom is -0.507 e. The number of phenols is 1. The monoisotopic (exact) mass is 348 g/mol. The number of pyridine rings is 1. The molecule has 2 heterocycles. The Labute approximate surface area is 150 Å². The minimum absolute atomic E-state index is 0.283. The molecule has 2 aromatic heterocycles. The Morgan fingerprint density at radius 2 is 1.84 bits per heavy atom. The van der Waals surface area contributed by atoms with Crippen LogP contribution in [0.5, 0.6) is 5.75 Å². The van der Waals surface area contributed by atoms with E-state index in [2.05, 4.69) is 16.4 Å². The summed E-state index contributed by atoms with van der Waals surface area (Å²) in [5.41, 5.74) is 10.6. The van der Waals surface area contributed by atoms with Crippen molar-refractivity contribution < 1.29 is 5.11 Å². The Hall–Kier alpha value is -2.43. The number of hydrogen-bond acceptors (Lipinski definition) is 4. The molecule has 0 aliphatic carbocycles. The zero-order chi connectivity index (χ0) is 17.8. The molecule has 0 aliphatic rings. The van der Waals surface area contributed by atoms with Gasteiger partial charge in [0, 0.05) is 28.1 Å². The van der Waals surface area contributed by atoms with Crippen molar-refractivity contribution in [1.82, 2.24) is 4.98 Å². The van der Waals surface area contributed by atoms with Crippen LogP contribution >= 0.6 is 11.3 Å². The number of aromatic hydroxyl groups is 1. The van der Waals surface area contributed by atoms with Crippen LogP contribution in [0, 0.1) is 6.92 Å². The Kier molecular flexibility index (Phi) is 3.56. The lowest BCUT2D eigenvalue weighted by Crippen LogP contribution is -2.28. The SMILES string of the molecule is Cc1cc(O)c(-c2ccc(C(C)(C)N)cc2)c2c1ncc1sccc12. The summed E-state index contributed by atoms with van der Waals surface area (Å²) >= 11 is 1.66. The van der Waals surface area contributed by atoms with Gasteiger partial charge in [-0.05, 0) is 55.0 Å². The Morgan fingerprint density at radius 3 is 2.52 bits per heavy atom. The third-order valence-electron chi connectivity index (χ3n) is 4.66. The average Bonchev–Trinajstić information content (AvgIpc) is 3.03. The quantitative estimate of drug-likeness (QED) is 0.515. The highest BCUT2D eigenvalue weighted by Crippen LogP contribution is 2.42. The van der Waals surface area contributed by atoms with E-state index in [0.717, 1.165) is 43.2 Å². The van der Waals surface area contributed by atoms with E-state index in [1.807, 2.05) is 51.2 Å². The van der Waals surface area contributed by atoms with Gasteiger partial charge in [0.2, 0.25) is 0 Å². The maximum absolute atomic E-state index is 10.7. The summed E-state index contributed by atoms with van der Waals surface area (Å²) in [6, 6.07) is 12.0. The van der Waals surface area contributed by atoms with Crippen molar-refractivity contribution in [1.29, 1.82) is 0 Å². The second-order valence-corrected chi connectivity index (χ2v) is 8.01. The molecule has 4 aromatic rings. The molecule has 2 aromatic carbocycles. The summed E-state index contributed by atoms with van der Waals surface area (Å²) < 4.78 is 1.12. The molecule has 0 unspecified atom stereocenters. The van der Waals surface area contributed by atoms with E-state index in [1.165, 1.54) is 0 Å². The number of nitrogens with zero attached hydrogens (tertiary/aromatic N) is 1. The number of rotatable bonds is 2. The van der Waals surface area contributed by atoms with Gasteiger partial charge in [0.05, 0.1) is 10.2 Å². The summed E-state index contributed by atoms with van der Waals surface area (Å²) in [6.45, 7) is 5.95. The molecule has 0 bridgehead atoms. The molecule has 126 valence electrons. The van der Waals surface area contributed by atoms with Crippen LogP contribution in [-0.4, -0.2) is 10.1 Å². The normalized spacial score (nSPS) is 12.2. The maximum Gasteiger partial charge on any atom is 0.124 e. The molecule has 3 N–H and O–H groups in total. The first-order chi connectivity index (χ1) is 11.9. The summed E-state index contributed by atoms with van der Waals surface area (Å²) in [7, 11) is 0. The fourth-order valence-electron chi connectivity index (χ4n) is 3.33. The number of hydrogen-bond donors (Lipinski definition) is 2. The molecular weight excluding hydrogens is 328 g/mol. The highest BCUT2D eigenvalue weighted by Gasteiger charge is 2.18. The van der Waals surface area contributed by atoms with Crippen LogP contribution < -0.4 is 5.73 Å². The topological polar surface area (TPSA) is 59.1 Å². The summed E-state index contributed by atoms with van der Waals surface area (Å²) in [4.78, 5) is 4.64. The van der Waals surface area contributed by atoms with E-state index in [-0.39, 0.29) is 5.75 Å². The minimum atomic E-state index is -0.391. The number of benzene rings is 2. The predicted octanol–water partition coefficient (Wildman–Crippen LogP) is 5.32. The van der Waals surface area contributed by atoms with Gasteiger partial charge >= 0.3 is 0 Å². The average molecular weight is 348 g/mol.